The summed E-state index contributed by atoms with van der Waals surface area (Å²) in [7, 11) is -5.11. The first-order valence-electron chi connectivity index (χ1n) is 5.74. The number of hydrogen-bond donors (Lipinski definition) is 0. The van der Waals surface area contributed by atoms with Crippen molar-refractivity contribution in [3.05, 3.63) is 54.1 Å². The molecular weight excluding hydrogens is 289 g/mol. The Morgan fingerprint density at radius 3 is 2.35 bits per heavy atom. The van der Waals surface area contributed by atoms with E-state index >= 15 is 0 Å². The molecule has 0 saturated heterocycles. The lowest BCUT2D eigenvalue weighted by Gasteiger charge is -2.05. The summed E-state index contributed by atoms with van der Waals surface area (Å²) in [6, 6.07) is 12.7. The van der Waals surface area contributed by atoms with Crippen LogP contribution in [0.4, 0.5) is 13.2 Å². The molecule has 0 spiro atoms. The topological polar surface area (TPSA) is 34.1 Å². The monoisotopic (exact) mass is 300 g/mol. The van der Waals surface area contributed by atoms with Gasteiger partial charge in [-0.1, -0.05) is 54.6 Å². The molecule has 0 saturated carbocycles. The highest BCUT2D eigenvalue weighted by molar-refractivity contribution is 7.92. The molecule has 106 valence electrons. The number of hydrogen-bond acceptors (Lipinski definition) is 2. The average Bonchev–Trinajstić information content (AvgIpc) is 2.37. The van der Waals surface area contributed by atoms with Crippen molar-refractivity contribution in [1.82, 2.24) is 0 Å². The van der Waals surface area contributed by atoms with Crippen LogP contribution in [0.15, 0.2) is 48.5 Å². The minimum absolute atomic E-state index is 0.681. The van der Waals surface area contributed by atoms with E-state index in [1.807, 2.05) is 30.3 Å². The summed E-state index contributed by atoms with van der Waals surface area (Å²) < 4.78 is 58.4. The molecule has 0 N–H and O–H groups in total. The van der Waals surface area contributed by atoms with Crippen LogP contribution < -0.4 is 0 Å². The Bertz CT molecular complexity index is 741. The molecule has 0 heterocycles. The molecule has 0 aromatic heterocycles. The Labute approximate surface area is 114 Å². The van der Waals surface area contributed by atoms with Gasteiger partial charge in [0.2, 0.25) is 0 Å². The number of alkyl halides is 3. The van der Waals surface area contributed by atoms with Crippen molar-refractivity contribution in [2.45, 2.75) is 5.51 Å². The zero-order valence-electron chi connectivity index (χ0n) is 10.3. The maximum atomic E-state index is 12.2. The minimum Gasteiger partial charge on any atom is -0.219 e. The smallest absolute Gasteiger partial charge is 0.219 e. The molecular formula is C14H11F3O2S. The van der Waals surface area contributed by atoms with E-state index in [9.17, 15) is 21.6 Å². The molecule has 2 rings (SSSR count). The van der Waals surface area contributed by atoms with Crippen molar-refractivity contribution in [3.8, 4) is 0 Å². The highest BCUT2D eigenvalue weighted by Gasteiger charge is 2.44. The van der Waals surface area contributed by atoms with E-state index in [4.69, 9.17) is 0 Å². The SMILES string of the molecule is O=S(=O)(C/C=C/c1cccc2ccccc12)C(F)(F)F. The van der Waals surface area contributed by atoms with E-state index in [1.54, 1.807) is 12.1 Å². The third kappa shape index (κ3) is 3.01. The third-order valence-corrected chi connectivity index (χ3v) is 4.13. The quantitative estimate of drug-likeness (QED) is 0.864. The van der Waals surface area contributed by atoms with Crippen LogP contribution in [0.1, 0.15) is 5.56 Å². The molecule has 0 aliphatic carbocycles. The fourth-order valence-electron chi connectivity index (χ4n) is 1.79. The molecule has 2 nitrogen and oxygen atoms in total. The Hall–Kier alpha value is -1.82. The molecule has 0 aliphatic heterocycles. The summed E-state index contributed by atoms with van der Waals surface area (Å²) in [4.78, 5) is 0. The van der Waals surface area contributed by atoms with Crippen LogP contribution in [0.2, 0.25) is 0 Å². The van der Waals surface area contributed by atoms with E-state index in [0.717, 1.165) is 16.8 Å². The second kappa shape index (κ2) is 5.28. The van der Waals surface area contributed by atoms with Crippen LogP contribution in [0.3, 0.4) is 0 Å². The van der Waals surface area contributed by atoms with Gasteiger partial charge in [-0.2, -0.15) is 13.2 Å². The minimum atomic E-state index is -5.21. The van der Waals surface area contributed by atoms with Crippen LogP contribution >= 0.6 is 0 Å². The van der Waals surface area contributed by atoms with Gasteiger partial charge < -0.3 is 0 Å². The van der Waals surface area contributed by atoms with Gasteiger partial charge in [-0.15, -0.1) is 0 Å². The molecule has 2 aromatic rings. The highest BCUT2D eigenvalue weighted by Crippen LogP contribution is 2.24. The standard InChI is InChI=1S/C14H11F3O2S/c15-14(16,17)20(18,19)10-4-8-12-7-3-6-11-5-1-2-9-13(11)12/h1-9H,10H2/b8-4+. The van der Waals surface area contributed by atoms with Gasteiger partial charge in [0.1, 0.15) is 0 Å². The van der Waals surface area contributed by atoms with Crippen LogP contribution in [0.25, 0.3) is 16.8 Å². The predicted octanol–water partition coefficient (Wildman–Crippen LogP) is 3.79. The van der Waals surface area contributed by atoms with Gasteiger partial charge in [0.25, 0.3) is 9.84 Å². The number of sulfone groups is 1. The molecule has 20 heavy (non-hydrogen) atoms. The first-order valence-corrected chi connectivity index (χ1v) is 7.40. The Balaban J connectivity index is 2.28. The lowest BCUT2D eigenvalue weighted by molar-refractivity contribution is -0.0432. The van der Waals surface area contributed by atoms with E-state index in [1.165, 1.54) is 6.08 Å². The molecule has 0 amide bonds. The van der Waals surface area contributed by atoms with Gasteiger partial charge in [-0.3, -0.25) is 0 Å². The zero-order chi connectivity index (χ0) is 14.8. The van der Waals surface area contributed by atoms with Crippen molar-refractivity contribution >= 4 is 26.7 Å². The molecule has 0 aliphatic rings. The van der Waals surface area contributed by atoms with Gasteiger partial charge >= 0.3 is 5.51 Å². The number of fused-ring (bicyclic) bond motifs is 1. The maximum absolute atomic E-state index is 12.2. The molecule has 0 unspecified atom stereocenters. The average molecular weight is 300 g/mol. The van der Waals surface area contributed by atoms with Crippen molar-refractivity contribution in [2.24, 2.45) is 0 Å². The second-order valence-electron chi connectivity index (χ2n) is 4.20. The summed E-state index contributed by atoms with van der Waals surface area (Å²) >= 11 is 0. The Kier molecular flexibility index (Phi) is 3.85. The summed E-state index contributed by atoms with van der Waals surface area (Å²) in [5, 5.41) is 1.80. The van der Waals surface area contributed by atoms with E-state index in [0.29, 0.717) is 5.56 Å². The predicted molar refractivity (Wildman–Crippen MR) is 72.8 cm³/mol. The van der Waals surface area contributed by atoms with Crippen LogP contribution in [0.5, 0.6) is 0 Å². The maximum Gasteiger partial charge on any atom is 0.497 e. The lowest BCUT2D eigenvalue weighted by atomic mass is 10.0. The van der Waals surface area contributed by atoms with Gasteiger partial charge in [0.15, 0.2) is 0 Å². The van der Waals surface area contributed by atoms with Crippen molar-refractivity contribution in [2.75, 3.05) is 5.75 Å². The molecule has 0 radical (unpaired) electrons. The van der Waals surface area contributed by atoms with Crippen LogP contribution in [0, 0.1) is 0 Å². The summed E-state index contributed by atoms with van der Waals surface area (Å²) in [5.41, 5.74) is -4.53. The summed E-state index contributed by atoms with van der Waals surface area (Å²) in [6.45, 7) is 0. The normalized spacial score (nSPS) is 13.2. The first-order chi connectivity index (χ1) is 9.31. The Morgan fingerprint density at radius 2 is 1.65 bits per heavy atom. The first kappa shape index (κ1) is 14.6. The molecule has 2 aromatic carbocycles. The van der Waals surface area contributed by atoms with E-state index in [2.05, 4.69) is 0 Å². The molecule has 0 fully saturated rings. The number of benzene rings is 2. The molecule has 0 bridgehead atoms. The van der Waals surface area contributed by atoms with E-state index in [-0.39, 0.29) is 0 Å². The zero-order valence-corrected chi connectivity index (χ0v) is 11.1. The summed E-state index contributed by atoms with van der Waals surface area (Å²) in [6.07, 6.45) is 2.41. The van der Waals surface area contributed by atoms with Crippen LogP contribution in [-0.2, 0) is 9.84 Å². The number of rotatable bonds is 3. The lowest BCUT2D eigenvalue weighted by Crippen LogP contribution is -2.25. The Morgan fingerprint density at radius 1 is 1.00 bits per heavy atom. The highest BCUT2D eigenvalue weighted by atomic mass is 32.2. The fourth-order valence-corrected chi connectivity index (χ4v) is 2.33. The van der Waals surface area contributed by atoms with Crippen molar-refractivity contribution in [1.29, 1.82) is 0 Å². The van der Waals surface area contributed by atoms with Gasteiger partial charge in [-0.05, 0) is 16.3 Å². The fraction of sp³-hybridized carbons (Fsp3) is 0.143. The van der Waals surface area contributed by atoms with E-state index < -0.39 is 21.1 Å². The third-order valence-electron chi connectivity index (χ3n) is 2.79. The van der Waals surface area contributed by atoms with Crippen molar-refractivity contribution in [3.63, 3.8) is 0 Å². The van der Waals surface area contributed by atoms with Crippen molar-refractivity contribution < 1.29 is 21.6 Å². The van der Waals surface area contributed by atoms with Gasteiger partial charge in [0, 0.05) is 0 Å². The van der Waals surface area contributed by atoms with Gasteiger partial charge in [-0.25, -0.2) is 8.42 Å². The number of halogens is 3. The largest absolute Gasteiger partial charge is 0.497 e. The van der Waals surface area contributed by atoms with Gasteiger partial charge in [0.05, 0.1) is 5.75 Å². The van der Waals surface area contributed by atoms with Crippen LogP contribution in [-0.4, -0.2) is 19.7 Å². The second-order valence-corrected chi connectivity index (χ2v) is 6.22. The molecule has 0 atom stereocenters. The summed E-state index contributed by atoms with van der Waals surface area (Å²) in [5.74, 6) is -1.06. The molecule has 6 heteroatoms.